The van der Waals surface area contributed by atoms with E-state index in [1.54, 1.807) is 12.4 Å². The van der Waals surface area contributed by atoms with Gasteiger partial charge in [0.15, 0.2) is 0 Å². The zero-order valence-electron chi connectivity index (χ0n) is 13.6. The van der Waals surface area contributed by atoms with E-state index in [1.807, 2.05) is 35.8 Å². The average Bonchev–Trinajstić information content (AvgIpc) is 3.21. The van der Waals surface area contributed by atoms with Gasteiger partial charge in [-0.1, -0.05) is 0 Å². The Labute approximate surface area is 135 Å². The van der Waals surface area contributed by atoms with Gasteiger partial charge in [-0.25, -0.2) is 4.98 Å². The minimum Gasteiger partial charge on any atom is -0.372 e. The predicted octanol–water partition coefficient (Wildman–Crippen LogP) is 1.78. The summed E-state index contributed by atoms with van der Waals surface area (Å²) in [5, 5.41) is 7.32. The molecule has 1 atom stereocenters. The Balaban J connectivity index is 1.66. The molecule has 1 saturated heterocycles. The van der Waals surface area contributed by atoms with Crippen LogP contribution in [-0.4, -0.2) is 44.1 Å². The van der Waals surface area contributed by atoms with Crippen molar-refractivity contribution in [1.82, 2.24) is 24.6 Å². The summed E-state index contributed by atoms with van der Waals surface area (Å²) >= 11 is 0. The summed E-state index contributed by atoms with van der Waals surface area (Å²) in [6.45, 7) is 3.34. The second kappa shape index (κ2) is 6.76. The third-order valence-electron chi connectivity index (χ3n) is 4.15. The molecule has 1 amide bonds. The van der Waals surface area contributed by atoms with E-state index in [9.17, 15) is 4.79 Å². The third kappa shape index (κ3) is 3.49. The lowest BCUT2D eigenvalue weighted by atomic mass is 10.1. The molecule has 1 aliphatic rings. The number of likely N-dealkylation sites (tertiary alicyclic amines) is 1. The van der Waals surface area contributed by atoms with Crippen LogP contribution in [0.4, 0.5) is 5.82 Å². The van der Waals surface area contributed by atoms with Crippen molar-refractivity contribution < 1.29 is 4.79 Å². The Morgan fingerprint density at radius 3 is 3.04 bits per heavy atom. The predicted molar refractivity (Wildman–Crippen MR) is 86.8 cm³/mol. The second-order valence-electron chi connectivity index (χ2n) is 5.79. The van der Waals surface area contributed by atoms with Crippen LogP contribution >= 0.6 is 0 Å². The van der Waals surface area contributed by atoms with Gasteiger partial charge in [-0.2, -0.15) is 5.10 Å². The topological polar surface area (TPSA) is 75.9 Å². The van der Waals surface area contributed by atoms with Gasteiger partial charge in [0.05, 0.1) is 29.8 Å². The monoisotopic (exact) mass is 314 g/mol. The van der Waals surface area contributed by atoms with E-state index in [0.29, 0.717) is 13.0 Å². The Morgan fingerprint density at radius 1 is 1.43 bits per heavy atom. The van der Waals surface area contributed by atoms with Gasteiger partial charge in [0, 0.05) is 32.8 Å². The number of carbonyl (C=O) groups is 1. The molecule has 7 heteroatoms. The highest BCUT2D eigenvalue weighted by Crippen LogP contribution is 2.31. The number of anilines is 1. The molecule has 1 N–H and O–H groups in total. The molecule has 0 aromatic carbocycles. The van der Waals surface area contributed by atoms with Gasteiger partial charge in [-0.15, -0.1) is 0 Å². The summed E-state index contributed by atoms with van der Waals surface area (Å²) in [7, 11) is 1.82. The van der Waals surface area contributed by atoms with Gasteiger partial charge >= 0.3 is 0 Å². The second-order valence-corrected chi connectivity index (χ2v) is 5.79. The van der Waals surface area contributed by atoms with Crippen LogP contribution in [0.15, 0.2) is 24.7 Å². The number of carbonyl (C=O) groups excluding carboxylic acids is 1. The van der Waals surface area contributed by atoms with Crippen molar-refractivity contribution >= 4 is 11.7 Å². The minimum atomic E-state index is 0.0302. The zero-order valence-corrected chi connectivity index (χ0v) is 13.6. The molecule has 0 radical (unpaired) electrons. The minimum absolute atomic E-state index is 0.0302. The molecule has 1 fully saturated rings. The largest absolute Gasteiger partial charge is 0.372 e. The molecule has 1 unspecified atom stereocenters. The standard InChI is InChI=1S/C16H22N6O/c1-12-5-8-21(20-12)9-6-16(23)22-7-3-4-14(22)13-10-18-11-15(17-2)19-13/h5,8,10-11,14H,3-4,6-7,9H2,1-2H3,(H,17,19). The van der Waals surface area contributed by atoms with E-state index in [2.05, 4.69) is 20.4 Å². The van der Waals surface area contributed by atoms with E-state index < -0.39 is 0 Å². The van der Waals surface area contributed by atoms with Crippen molar-refractivity contribution in [3.05, 3.63) is 36.0 Å². The molecule has 0 bridgehead atoms. The molecule has 0 saturated carbocycles. The number of amides is 1. The zero-order chi connectivity index (χ0) is 16.2. The third-order valence-corrected chi connectivity index (χ3v) is 4.15. The lowest BCUT2D eigenvalue weighted by Crippen LogP contribution is -2.31. The summed E-state index contributed by atoms with van der Waals surface area (Å²) in [6, 6.07) is 1.98. The van der Waals surface area contributed by atoms with Crippen LogP contribution in [0.2, 0.25) is 0 Å². The molecule has 3 heterocycles. The van der Waals surface area contributed by atoms with Crippen molar-refractivity contribution in [2.24, 2.45) is 0 Å². The first kappa shape index (κ1) is 15.5. The van der Waals surface area contributed by atoms with Crippen LogP contribution in [-0.2, 0) is 11.3 Å². The van der Waals surface area contributed by atoms with Crippen LogP contribution in [0.25, 0.3) is 0 Å². The van der Waals surface area contributed by atoms with E-state index in [1.165, 1.54) is 0 Å². The fourth-order valence-electron chi connectivity index (χ4n) is 2.98. The van der Waals surface area contributed by atoms with Crippen molar-refractivity contribution in [2.75, 3.05) is 18.9 Å². The van der Waals surface area contributed by atoms with E-state index in [4.69, 9.17) is 0 Å². The Morgan fingerprint density at radius 2 is 2.30 bits per heavy atom. The van der Waals surface area contributed by atoms with Crippen LogP contribution in [0, 0.1) is 6.92 Å². The molecule has 0 spiro atoms. The van der Waals surface area contributed by atoms with Gasteiger partial charge in [0.2, 0.25) is 5.91 Å². The maximum atomic E-state index is 12.6. The lowest BCUT2D eigenvalue weighted by molar-refractivity contribution is -0.132. The van der Waals surface area contributed by atoms with Crippen molar-refractivity contribution in [2.45, 2.75) is 38.8 Å². The van der Waals surface area contributed by atoms with Gasteiger partial charge in [0.25, 0.3) is 0 Å². The summed E-state index contributed by atoms with van der Waals surface area (Å²) in [4.78, 5) is 23.3. The molecule has 2 aromatic rings. The number of nitrogens with one attached hydrogen (secondary N) is 1. The molecule has 1 aliphatic heterocycles. The normalized spacial score (nSPS) is 17.5. The number of aromatic nitrogens is 4. The Kier molecular flexibility index (Phi) is 4.55. The van der Waals surface area contributed by atoms with Gasteiger partial charge in [-0.05, 0) is 25.8 Å². The molecular formula is C16H22N6O. The number of rotatable bonds is 5. The highest BCUT2D eigenvalue weighted by atomic mass is 16.2. The number of nitrogens with zero attached hydrogens (tertiary/aromatic N) is 5. The van der Waals surface area contributed by atoms with Crippen LogP contribution < -0.4 is 5.32 Å². The average molecular weight is 314 g/mol. The van der Waals surface area contributed by atoms with Gasteiger partial charge in [0.1, 0.15) is 5.82 Å². The summed E-state index contributed by atoms with van der Waals surface area (Å²) < 4.78 is 1.82. The Bertz CT molecular complexity index is 683. The number of hydrogen-bond acceptors (Lipinski definition) is 5. The van der Waals surface area contributed by atoms with Crippen LogP contribution in [0.1, 0.15) is 36.7 Å². The first-order valence-electron chi connectivity index (χ1n) is 7.96. The molecule has 122 valence electrons. The molecule has 23 heavy (non-hydrogen) atoms. The molecule has 0 aliphatic carbocycles. The van der Waals surface area contributed by atoms with Crippen LogP contribution in [0.5, 0.6) is 0 Å². The summed E-state index contributed by atoms with van der Waals surface area (Å²) in [5.41, 5.74) is 1.83. The SMILES string of the molecule is CNc1cncc(C2CCCN2C(=O)CCn2ccc(C)n2)n1. The highest BCUT2D eigenvalue weighted by Gasteiger charge is 2.30. The van der Waals surface area contributed by atoms with Crippen molar-refractivity contribution in [3.8, 4) is 0 Å². The Hall–Kier alpha value is -2.44. The molecular weight excluding hydrogens is 292 g/mol. The molecule has 3 rings (SSSR count). The van der Waals surface area contributed by atoms with Gasteiger partial charge < -0.3 is 10.2 Å². The fraction of sp³-hybridized carbons (Fsp3) is 0.500. The maximum Gasteiger partial charge on any atom is 0.225 e. The fourth-order valence-corrected chi connectivity index (χ4v) is 2.98. The quantitative estimate of drug-likeness (QED) is 0.910. The van der Waals surface area contributed by atoms with E-state index >= 15 is 0 Å². The smallest absolute Gasteiger partial charge is 0.225 e. The summed E-state index contributed by atoms with van der Waals surface area (Å²) in [6.07, 6.45) is 7.75. The lowest BCUT2D eigenvalue weighted by Gasteiger charge is -2.24. The highest BCUT2D eigenvalue weighted by molar-refractivity contribution is 5.76. The maximum absolute atomic E-state index is 12.6. The number of hydrogen-bond donors (Lipinski definition) is 1. The van der Waals surface area contributed by atoms with Crippen molar-refractivity contribution in [3.63, 3.8) is 0 Å². The van der Waals surface area contributed by atoms with Crippen LogP contribution in [0.3, 0.4) is 0 Å². The summed E-state index contributed by atoms with van der Waals surface area (Å²) in [5.74, 6) is 0.881. The van der Waals surface area contributed by atoms with Crippen molar-refractivity contribution in [1.29, 1.82) is 0 Å². The van der Waals surface area contributed by atoms with E-state index in [-0.39, 0.29) is 11.9 Å². The number of aryl methyl sites for hydroxylation is 2. The van der Waals surface area contributed by atoms with E-state index in [0.717, 1.165) is 36.6 Å². The molecule has 2 aromatic heterocycles. The molecule has 7 nitrogen and oxygen atoms in total. The first-order valence-corrected chi connectivity index (χ1v) is 7.96. The van der Waals surface area contributed by atoms with Gasteiger partial charge in [-0.3, -0.25) is 14.5 Å². The first-order chi connectivity index (χ1) is 11.2.